The van der Waals surface area contributed by atoms with Crippen LogP contribution in [-0.4, -0.2) is 52.6 Å². The van der Waals surface area contributed by atoms with E-state index in [0.717, 1.165) is 6.42 Å². The Morgan fingerprint density at radius 1 is 1.28 bits per heavy atom. The van der Waals surface area contributed by atoms with E-state index in [1.807, 2.05) is 0 Å². The molecule has 1 heterocycles. The van der Waals surface area contributed by atoms with Crippen molar-refractivity contribution in [2.45, 2.75) is 45.3 Å². The van der Waals surface area contributed by atoms with Crippen LogP contribution in [0.5, 0.6) is 5.75 Å². The van der Waals surface area contributed by atoms with Gasteiger partial charge < -0.3 is 19.5 Å². The molecule has 1 unspecified atom stereocenters. The van der Waals surface area contributed by atoms with Gasteiger partial charge in [0, 0.05) is 12.1 Å². The van der Waals surface area contributed by atoms with Gasteiger partial charge in [-0.3, -0.25) is 4.79 Å². The Hall–Kier alpha value is -2.57. The number of rotatable bonds is 5. The number of esters is 1. The summed E-state index contributed by atoms with van der Waals surface area (Å²) in [6.07, 6.45) is 1.29. The molecule has 2 rings (SSSR count). The molecule has 0 radical (unpaired) electrons. The highest BCUT2D eigenvalue weighted by molar-refractivity contribution is 5.97. The Morgan fingerprint density at radius 2 is 2.00 bits per heavy atom. The number of benzene rings is 1. The molecular formula is C18H23NO6. The number of amides is 1. The van der Waals surface area contributed by atoms with Gasteiger partial charge in [0.1, 0.15) is 17.4 Å². The van der Waals surface area contributed by atoms with Crippen molar-refractivity contribution in [2.24, 2.45) is 0 Å². The van der Waals surface area contributed by atoms with Gasteiger partial charge >= 0.3 is 11.9 Å². The fraction of sp³-hybridized carbons (Fsp3) is 0.500. The average Bonchev–Trinajstić information content (AvgIpc) is 3.00. The third-order valence-electron chi connectivity index (χ3n) is 3.64. The van der Waals surface area contributed by atoms with Crippen LogP contribution in [0.4, 0.5) is 0 Å². The monoisotopic (exact) mass is 349 g/mol. The number of carboxylic acids is 1. The number of carbonyl (C=O) groups excluding carboxylic acids is 2. The van der Waals surface area contributed by atoms with E-state index in [0.29, 0.717) is 24.3 Å². The summed E-state index contributed by atoms with van der Waals surface area (Å²) in [7, 11) is 0. The van der Waals surface area contributed by atoms with E-state index in [4.69, 9.17) is 14.6 Å². The Kier molecular flexibility index (Phi) is 5.66. The smallest absolute Gasteiger partial charge is 0.341 e. The van der Waals surface area contributed by atoms with Crippen LogP contribution in [0.25, 0.3) is 0 Å². The fourth-order valence-electron chi connectivity index (χ4n) is 2.65. The van der Waals surface area contributed by atoms with Gasteiger partial charge in [-0.15, -0.1) is 0 Å². The Bertz CT molecular complexity index is 664. The van der Waals surface area contributed by atoms with Crippen LogP contribution in [0.2, 0.25) is 0 Å². The zero-order chi connectivity index (χ0) is 18.6. The second kappa shape index (κ2) is 7.55. The molecule has 1 fully saturated rings. The summed E-state index contributed by atoms with van der Waals surface area (Å²) >= 11 is 0. The number of ether oxygens (including phenoxy) is 2. The standard InChI is InChI=1S/C18H23NO6/c1-18(2,3)25-17(23)14-8-5-9-19(14)16(22)12-6-4-7-13(10-12)24-11-15(20)21/h4,6-7,10,14H,5,8-9,11H2,1-3H3,(H,20,21). The van der Waals surface area contributed by atoms with Crippen LogP contribution in [-0.2, 0) is 14.3 Å². The SMILES string of the molecule is CC(C)(C)OC(=O)C1CCCN1C(=O)c1cccc(OCC(=O)O)c1. The molecule has 1 amide bonds. The topological polar surface area (TPSA) is 93.1 Å². The van der Waals surface area contributed by atoms with E-state index in [2.05, 4.69) is 0 Å². The van der Waals surface area contributed by atoms with Crippen molar-refractivity contribution in [1.29, 1.82) is 0 Å². The number of carbonyl (C=O) groups is 3. The van der Waals surface area contributed by atoms with Crippen LogP contribution >= 0.6 is 0 Å². The fourth-order valence-corrected chi connectivity index (χ4v) is 2.65. The highest BCUT2D eigenvalue weighted by atomic mass is 16.6. The Balaban J connectivity index is 2.12. The summed E-state index contributed by atoms with van der Waals surface area (Å²) in [5, 5.41) is 8.66. The molecular weight excluding hydrogens is 326 g/mol. The van der Waals surface area contributed by atoms with Crippen molar-refractivity contribution in [3.8, 4) is 5.75 Å². The predicted molar refractivity (Wildman–Crippen MR) is 89.5 cm³/mol. The molecule has 1 atom stereocenters. The lowest BCUT2D eigenvalue weighted by atomic mass is 10.1. The van der Waals surface area contributed by atoms with Crippen molar-refractivity contribution in [3.63, 3.8) is 0 Å². The molecule has 7 heteroatoms. The first kappa shape index (κ1) is 18.8. The summed E-state index contributed by atoms with van der Waals surface area (Å²) in [4.78, 5) is 37.2. The Morgan fingerprint density at radius 3 is 2.64 bits per heavy atom. The van der Waals surface area contributed by atoms with Crippen LogP contribution in [0.1, 0.15) is 44.0 Å². The molecule has 0 bridgehead atoms. The zero-order valence-corrected chi connectivity index (χ0v) is 14.7. The van der Waals surface area contributed by atoms with E-state index in [9.17, 15) is 14.4 Å². The van der Waals surface area contributed by atoms with E-state index in [1.165, 1.54) is 11.0 Å². The van der Waals surface area contributed by atoms with E-state index in [-0.39, 0.29) is 5.91 Å². The first-order chi connectivity index (χ1) is 11.7. The lowest BCUT2D eigenvalue weighted by Crippen LogP contribution is -2.43. The maximum Gasteiger partial charge on any atom is 0.341 e. The summed E-state index contributed by atoms with van der Waals surface area (Å²) < 4.78 is 10.5. The molecule has 0 spiro atoms. The quantitative estimate of drug-likeness (QED) is 0.818. The lowest BCUT2D eigenvalue weighted by Gasteiger charge is -2.27. The largest absolute Gasteiger partial charge is 0.482 e. The van der Waals surface area contributed by atoms with Gasteiger partial charge in [0.05, 0.1) is 0 Å². The van der Waals surface area contributed by atoms with Crippen molar-refractivity contribution in [3.05, 3.63) is 29.8 Å². The van der Waals surface area contributed by atoms with Gasteiger partial charge in [-0.2, -0.15) is 0 Å². The van der Waals surface area contributed by atoms with Gasteiger partial charge in [0.2, 0.25) is 0 Å². The zero-order valence-electron chi connectivity index (χ0n) is 14.7. The molecule has 25 heavy (non-hydrogen) atoms. The molecule has 1 aliphatic heterocycles. The molecule has 1 aliphatic rings. The van der Waals surface area contributed by atoms with Crippen LogP contribution < -0.4 is 4.74 Å². The third kappa shape index (κ3) is 5.20. The lowest BCUT2D eigenvalue weighted by molar-refractivity contribution is -0.159. The normalized spacial score (nSPS) is 17.2. The second-order valence-corrected chi connectivity index (χ2v) is 6.90. The van der Waals surface area contributed by atoms with E-state index >= 15 is 0 Å². The number of carboxylic acid groups (broad SMARTS) is 1. The van der Waals surface area contributed by atoms with Gasteiger partial charge in [0.25, 0.3) is 5.91 Å². The summed E-state index contributed by atoms with van der Waals surface area (Å²) in [6, 6.07) is 5.68. The highest BCUT2D eigenvalue weighted by Gasteiger charge is 2.37. The van der Waals surface area contributed by atoms with Crippen molar-refractivity contribution < 1.29 is 29.0 Å². The van der Waals surface area contributed by atoms with Gasteiger partial charge in [-0.1, -0.05) is 6.07 Å². The Labute approximate surface area is 146 Å². The average molecular weight is 349 g/mol. The molecule has 7 nitrogen and oxygen atoms in total. The van der Waals surface area contributed by atoms with Crippen LogP contribution in [0.3, 0.4) is 0 Å². The summed E-state index contributed by atoms with van der Waals surface area (Å²) in [5.74, 6) is -1.51. The maximum absolute atomic E-state index is 12.8. The van der Waals surface area contributed by atoms with Crippen molar-refractivity contribution in [1.82, 2.24) is 4.90 Å². The number of aliphatic carboxylic acids is 1. The number of hydrogen-bond acceptors (Lipinski definition) is 5. The van der Waals surface area contributed by atoms with E-state index < -0.39 is 30.2 Å². The number of hydrogen-bond donors (Lipinski definition) is 1. The first-order valence-electron chi connectivity index (χ1n) is 8.16. The second-order valence-electron chi connectivity index (χ2n) is 6.90. The molecule has 1 aromatic rings. The maximum atomic E-state index is 12.8. The van der Waals surface area contributed by atoms with Gasteiger partial charge in [-0.25, -0.2) is 9.59 Å². The minimum atomic E-state index is -1.10. The molecule has 1 N–H and O–H groups in total. The first-order valence-corrected chi connectivity index (χ1v) is 8.16. The molecule has 136 valence electrons. The van der Waals surface area contributed by atoms with Crippen molar-refractivity contribution in [2.75, 3.05) is 13.2 Å². The van der Waals surface area contributed by atoms with Gasteiger partial charge in [0.15, 0.2) is 6.61 Å². The number of nitrogens with zero attached hydrogens (tertiary/aromatic N) is 1. The highest BCUT2D eigenvalue weighted by Crippen LogP contribution is 2.24. The van der Waals surface area contributed by atoms with Crippen LogP contribution in [0.15, 0.2) is 24.3 Å². The molecule has 0 aromatic heterocycles. The minimum absolute atomic E-state index is 0.293. The predicted octanol–water partition coefficient (Wildman–Crippen LogP) is 2.10. The molecule has 1 aromatic carbocycles. The molecule has 1 saturated heterocycles. The van der Waals surface area contributed by atoms with Crippen LogP contribution in [0, 0.1) is 0 Å². The summed E-state index contributed by atoms with van der Waals surface area (Å²) in [6.45, 7) is 5.35. The van der Waals surface area contributed by atoms with E-state index in [1.54, 1.807) is 39.0 Å². The number of likely N-dealkylation sites (tertiary alicyclic amines) is 1. The van der Waals surface area contributed by atoms with Crippen molar-refractivity contribution >= 4 is 17.8 Å². The minimum Gasteiger partial charge on any atom is -0.482 e. The molecule has 0 saturated carbocycles. The molecule has 0 aliphatic carbocycles. The third-order valence-corrected chi connectivity index (χ3v) is 3.64. The van der Waals surface area contributed by atoms with Gasteiger partial charge in [-0.05, 0) is 51.8 Å². The summed E-state index contributed by atoms with van der Waals surface area (Å²) in [5.41, 5.74) is -0.266.